The van der Waals surface area contributed by atoms with E-state index in [9.17, 15) is 14.4 Å². The highest BCUT2D eigenvalue weighted by atomic mass is 32.1. The zero-order chi connectivity index (χ0) is 29.2. The number of alkyl carbamates (subject to hydrolysis) is 1. The largest absolute Gasteiger partial charge is 0.444 e. The Labute approximate surface area is 239 Å². The third-order valence-corrected chi connectivity index (χ3v) is 6.62. The molecule has 2 N–H and O–H groups in total. The predicted octanol–water partition coefficient (Wildman–Crippen LogP) is 5.83. The van der Waals surface area contributed by atoms with E-state index < -0.39 is 23.8 Å². The lowest BCUT2D eigenvalue weighted by atomic mass is 9.96. The van der Waals surface area contributed by atoms with Gasteiger partial charge in [-0.05, 0) is 64.5 Å². The summed E-state index contributed by atoms with van der Waals surface area (Å²) in [6, 6.07) is 15.1. The first-order valence-electron chi connectivity index (χ1n) is 13.6. The maximum Gasteiger partial charge on any atom is 0.408 e. The van der Waals surface area contributed by atoms with Crippen LogP contribution in [0.4, 0.5) is 4.79 Å². The Hall–Kier alpha value is -3.00. The van der Waals surface area contributed by atoms with Crippen molar-refractivity contribution >= 4 is 30.5 Å². The molecular weight excluding hydrogens is 510 g/mol. The quantitative estimate of drug-likeness (QED) is 0.288. The van der Waals surface area contributed by atoms with Gasteiger partial charge in [0.2, 0.25) is 11.8 Å². The van der Waals surface area contributed by atoms with E-state index in [2.05, 4.69) is 37.1 Å². The van der Waals surface area contributed by atoms with Gasteiger partial charge in [0.25, 0.3) is 0 Å². The number of thiol groups is 1. The van der Waals surface area contributed by atoms with Gasteiger partial charge in [0.15, 0.2) is 0 Å². The molecule has 0 aliphatic rings. The lowest BCUT2D eigenvalue weighted by Crippen LogP contribution is -2.56. The molecule has 214 valence electrons. The monoisotopic (exact) mass is 555 g/mol. The van der Waals surface area contributed by atoms with Crippen molar-refractivity contribution in [2.75, 3.05) is 5.75 Å². The number of aryl methyl sites for hydroxylation is 1. The molecule has 0 fully saturated rings. The van der Waals surface area contributed by atoms with Crippen molar-refractivity contribution in [2.24, 2.45) is 5.92 Å². The Morgan fingerprint density at radius 1 is 0.974 bits per heavy atom. The first kappa shape index (κ1) is 32.2. The van der Waals surface area contributed by atoms with E-state index in [-0.39, 0.29) is 23.6 Å². The third-order valence-electron chi connectivity index (χ3n) is 6.26. The number of nitrogens with one attached hydrogen (secondary N) is 2. The number of amides is 3. The molecule has 2 aromatic carbocycles. The summed E-state index contributed by atoms with van der Waals surface area (Å²) < 4.78 is 5.40. The molecule has 0 heterocycles. The minimum absolute atomic E-state index is 0.0532. The van der Waals surface area contributed by atoms with Crippen molar-refractivity contribution in [3.8, 4) is 0 Å². The first-order valence-corrected chi connectivity index (χ1v) is 14.3. The van der Waals surface area contributed by atoms with Crippen LogP contribution in [0.15, 0.2) is 54.6 Å². The fourth-order valence-corrected chi connectivity index (χ4v) is 4.54. The van der Waals surface area contributed by atoms with Crippen molar-refractivity contribution in [1.29, 1.82) is 0 Å². The molecule has 0 spiro atoms. The average molecular weight is 556 g/mol. The van der Waals surface area contributed by atoms with E-state index in [0.29, 0.717) is 24.4 Å². The molecule has 0 bridgehead atoms. The zero-order valence-electron chi connectivity index (χ0n) is 24.4. The van der Waals surface area contributed by atoms with Crippen molar-refractivity contribution in [3.05, 3.63) is 71.3 Å². The van der Waals surface area contributed by atoms with E-state index in [4.69, 9.17) is 4.74 Å². The van der Waals surface area contributed by atoms with Crippen LogP contribution in [0.1, 0.15) is 77.1 Å². The smallest absolute Gasteiger partial charge is 0.408 e. The highest BCUT2D eigenvalue weighted by molar-refractivity contribution is 7.80. The van der Waals surface area contributed by atoms with Gasteiger partial charge >= 0.3 is 6.09 Å². The molecule has 0 aliphatic carbocycles. The van der Waals surface area contributed by atoms with Gasteiger partial charge in [-0.3, -0.25) is 9.59 Å². The van der Waals surface area contributed by atoms with Crippen LogP contribution in [0.2, 0.25) is 0 Å². The molecule has 0 radical (unpaired) electrons. The number of rotatable bonds is 12. The van der Waals surface area contributed by atoms with Crippen LogP contribution in [-0.4, -0.2) is 46.2 Å². The molecule has 3 unspecified atom stereocenters. The highest BCUT2D eigenvalue weighted by Crippen LogP contribution is 2.28. The minimum atomic E-state index is -0.973. The van der Waals surface area contributed by atoms with Gasteiger partial charge < -0.3 is 20.3 Å². The van der Waals surface area contributed by atoms with Gasteiger partial charge in [-0.15, -0.1) is 0 Å². The van der Waals surface area contributed by atoms with Crippen molar-refractivity contribution < 1.29 is 19.1 Å². The van der Waals surface area contributed by atoms with Gasteiger partial charge in [0.1, 0.15) is 17.7 Å². The van der Waals surface area contributed by atoms with Crippen molar-refractivity contribution in [2.45, 2.75) is 91.6 Å². The Morgan fingerprint density at radius 3 is 2.21 bits per heavy atom. The molecule has 0 saturated heterocycles. The number of carbonyl (C=O) groups is 3. The Kier molecular flexibility index (Phi) is 12.4. The number of hydrogen-bond donors (Lipinski definition) is 3. The molecule has 0 aliphatic heterocycles. The lowest BCUT2D eigenvalue weighted by Gasteiger charge is -2.38. The second kappa shape index (κ2) is 15.0. The van der Waals surface area contributed by atoms with Crippen LogP contribution in [-0.2, 0) is 20.9 Å². The maximum atomic E-state index is 14.2. The Bertz CT molecular complexity index is 1080. The van der Waals surface area contributed by atoms with E-state index in [1.54, 1.807) is 25.7 Å². The number of hydrogen-bond acceptors (Lipinski definition) is 5. The van der Waals surface area contributed by atoms with Gasteiger partial charge in [0.05, 0.1) is 0 Å². The molecular formula is C31H45N3O4S. The third kappa shape index (κ3) is 10.6. The fraction of sp³-hybridized carbons (Fsp3) is 0.516. The summed E-state index contributed by atoms with van der Waals surface area (Å²) in [4.78, 5) is 42.3. The second-order valence-corrected chi connectivity index (χ2v) is 11.8. The summed E-state index contributed by atoms with van der Waals surface area (Å²) in [5, 5.41) is 5.71. The molecule has 8 heteroatoms. The van der Waals surface area contributed by atoms with Crippen LogP contribution in [0.5, 0.6) is 0 Å². The summed E-state index contributed by atoms with van der Waals surface area (Å²) in [7, 11) is 0. The summed E-state index contributed by atoms with van der Waals surface area (Å²) in [6.07, 6.45) is 0.872. The highest BCUT2D eigenvalue weighted by Gasteiger charge is 2.38. The summed E-state index contributed by atoms with van der Waals surface area (Å²) in [5.74, 6) is -0.190. The fourth-order valence-electron chi connectivity index (χ4n) is 4.29. The minimum Gasteiger partial charge on any atom is -0.444 e. The maximum absolute atomic E-state index is 14.2. The van der Waals surface area contributed by atoms with Crippen molar-refractivity contribution in [3.63, 3.8) is 0 Å². The standard InChI is InChI=1S/C31H45N3O4S/c1-21(2)16-17-23(4)34(29(36)26(20-39)33-30(37)38-31(5,6)7)27(25-15-11-12-22(3)18-25)28(35)32-19-24-13-9-8-10-14-24/h8-15,18,21,23,26-27,39H,16-17,19-20H2,1-7H3,(H,32,35)(H,33,37). The number of nitrogens with zero attached hydrogens (tertiary/aromatic N) is 1. The van der Waals surface area contributed by atoms with E-state index in [1.807, 2.05) is 68.4 Å². The summed E-state index contributed by atoms with van der Waals surface area (Å²) in [6.45, 7) is 13.8. The molecule has 7 nitrogen and oxygen atoms in total. The van der Waals surface area contributed by atoms with E-state index in [0.717, 1.165) is 17.5 Å². The number of ether oxygens (including phenoxy) is 1. The van der Waals surface area contributed by atoms with Crippen LogP contribution < -0.4 is 10.6 Å². The molecule has 0 aromatic heterocycles. The van der Waals surface area contributed by atoms with Gasteiger partial charge in [-0.1, -0.05) is 74.0 Å². The SMILES string of the molecule is Cc1cccc(C(C(=O)NCc2ccccc2)N(C(=O)C(CS)NC(=O)OC(C)(C)C)C(C)CCC(C)C)c1. The van der Waals surface area contributed by atoms with Gasteiger partial charge in [0, 0.05) is 18.3 Å². The average Bonchev–Trinajstić information content (AvgIpc) is 2.86. The van der Waals surface area contributed by atoms with E-state index >= 15 is 0 Å². The van der Waals surface area contributed by atoms with E-state index in [1.165, 1.54) is 0 Å². The molecule has 0 saturated carbocycles. The van der Waals surface area contributed by atoms with Crippen molar-refractivity contribution in [1.82, 2.24) is 15.5 Å². The van der Waals surface area contributed by atoms with Crippen LogP contribution in [0.25, 0.3) is 0 Å². The second-order valence-electron chi connectivity index (χ2n) is 11.5. The first-order chi connectivity index (χ1) is 18.3. The van der Waals surface area contributed by atoms with Crippen LogP contribution in [0, 0.1) is 12.8 Å². The zero-order valence-corrected chi connectivity index (χ0v) is 25.3. The van der Waals surface area contributed by atoms with Crippen LogP contribution >= 0.6 is 12.6 Å². The lowest BCUT2D eigenvalue weighted by molar-refractivity contribution is -0.144. The van der Waals surface area contributed by atoms with Gasteiger partial charge in [-0.25, -0.2) is 4.79 Å². The van der Waals surface area contributed by atoms with Gasteiger partial charge in [-0.2, -0.15) is 12.6 Å². The Balaban J connectivity index is 2.49. The van der Waals surface area contributed by atoms with Crippen LogP contribution in [0.3, 0.4) is 0 Å². The molecule has 39 heavy (non-hydrogen) atoms. The number of benzene rings is 2. The predicted molar refractivity (Wildman–Crippen MR) is 160 cm³/mol. The summed E-state index contributed by atoms with van der Waals surface area (Å²) >= 11 is 4.38. The molecule has 3 amide bonds. The molecule has 2 aromatic rings. The molecule has 2 rings (SSSR count). The normalized spacial score (nSPS) is 13.8. The summed E-state index contributed by atoms with van der Waals surface area (Å²) in [5.41, 5.74) is 1.92. The molecule has 3 atom stereocenters. The number of carbonyl (C=O) groups excluding carboxylic acids is 3. The Morgan fingerprint density at radius 2 is 1.64 bits per heavy atom. The topological polar surface area (TPSA) is 87.7 Å².